The Morgan fingerprint density at radius 2 is 1.33 bits per heavy atom. The van der Waals surface area contributed by atoms with Crippen LogP contribution in [0, 0.1) is 0 Å². The number of hydrogen-bond acceptors (Lipinski definition) is 7. The topological polar surface area (TPSA) is 96.0 Å². The highest BCUT2D eigenvalue weighted by Crippen LogP contribution is 2.59. The van der Waals surface area contributed by atoms with Gasteiger partial charge in [0.25, 0.3) is 0 Å². The van der Waals surface area contributed by atoms with Crippen LogP contribution < -0.4 is 13.1 Å². The van der Waals surface area contributed by atoms with Crippen LogP contribution in [0.15, 0.2) is 36.4 Å². The zero-order valence-electron chi connectivity index (χ0n) is 16.2. The molecule has 4 rings (SSSR count). The van der Waals surface area contributed by atoms with Gasteiger partial charge in [-0.15, -0.1) is 0 Å². The first-order valence-electron chi connectivity index (χ1n) is 8.93. The summed E-state index contributed by atoms with van der Waals surface area (Å²) in [6, 6.07) is 7.03. The predicted octanol–water partition coefficient (Wildman–Crippen LogP) is 3.77. The highest BCUT2D eigenvalue weighted by Gasteiger charge is 2.58. The maximum atomic E-state index is 12.9. The van der Waals surface area contributed by atoms with Crippen molar-refractivity contribution < 1.29 is 56.3 Å². The minimum atomic E-state index is -6.09. The number of fused-ring (bicyclic) bond motifs is 5. The molecular weight excluding hydrogens is 506 g/mol. The molecule has 2 aliphatic rings. The number of alkyl halides is 6. The number of benzene rings is 2. The van der Waals surface area contributed by atoms with E-state index in [1.807, 2.05) is 0 Å². The molecule has 2 aromatic carbocycles. The highest BCUT2D eigenvalue weighted by atomic mass is 32.2. The van der Waals surface area contributed by atoms with Crippen molar-refractivity contribution in [2.75, 3.05) is 0 Å². The fourth-order valence-corrected chi connectivity index (χ4v) is 5.03. The molecule has 0 radical (unpaired) electrons. The quantitative estimate of drug-likeness (QED) is 0.346. The summed E-state index contributed by atoms with van der Waals surface area (Å²) >= 11 is 0. The van der Waals surface area contributed by atoms with Crippen LogP contribution in [0.25, 0.3) is 0 Å². The van der Waals surface area contributed by atoms with Crippen molar-refractivity contribution in [3.8, 4) is 17.2 Å². The molecule has 1 aliphatic heterocycles. The maximum absolute atomic E-state index is 12.9. The maximum Gasteiger partial charge on any atom is 0.534 e. The molecule has 0 aromatic heterocycles. The van der Waals surface area contributed by atoms with Gasteiger partial charge in [-0.3, -0.25) is 0 Å². The van der Waals surface area contributed by atoms with E-state index in [0.29, 0.717) is 5.56 Å². The summed E-state index contributed by atoms with van der Waals surface area (Å²) in [5.74, 6) is -1.56. The van der Waals surface area contributed by atoms with Crippen molar-refractivity contribution in [3.63, 3.8) is 0 Å². The zero-order valence-corrected chi connectivity index (χ0v) is 17.8. The summed E-state index contributed by atoms with van der Waals surface area (Å²) in [5, 5.41) is 0. The first-order valence-corrected chi connectivity index (χ1v) is 11.7. The first-order chi connectivity index (χ1) is 15.0. The smallest absolute Gasteiger partial charge is 0.488 e. The van der Waals surface area contributed by atoms with Gasteiger partial charge in [-0.05, 0) is 30.7 Å². The van der Waals surface area contributed by atoms with Crippen LogP contribution in [0.5, 0.6) is 17.2 Å². The number of hydrogen-bond donors (Lipinski definition) is 0. The van der Waals surface area contributed by atoms with Crippen LogP contribution in [0.1, 0.15) is 23.6 Å². The van der Waals surface area contributed by atoms with Gasteiger partial charge in [0.1, 0.15) is 17.6 Å². The average Bonchev–Trinajstić information content (AvgIpc) is 3.08. The van der Waals surface area contributed by atoms with Gasteiger partial charge in [0, 0.05) is 12.0 Å². The Kier molecular flexibility index (Phi) is 4.92. The molecule has 7 nitrogen and oxygen atoms in total. The van der Waals surface area contributed by atoms with E-state index in [4.69, 9.17) is 4.74 Å². The molecule has 0 bridgehead atoms. The van der Waals surface area contributed by atoms with Crippen molar-refractivity contribution in [3.05, 3.63) is 53.1 Å². The Bertz CT molecular complexity index is 1250. The third-order valence-corrected chi connectivity index (χ3v) is 7.36. The third-order valence-electron chi connectivity index (χ3n) is 5.42. The monoisotopic (exact) mass is 518 g/mol. The molecule has 2 atom stereocenters. The SMILES string of the molecule is C[C@]12c3c(cccc3OS(=O)(=O)C(F)(F)F)CC1Oc1cccc(OS(=O)(=O)C(F)(F)F)c12. The van der Waals surface area contributed by atoms with Crippen molar-refractivity contribution in [1.29, 1.82) is 0 Å². The van der Waals surface area contributed by atoms with Gasteiger partial charge in [0.15, 0.2) is 5.75 Å². The van der Waals surface area contributed by atoms with E-state index in [0.717, 1.165) is 12.1 Å². The van der Waals surface area contributed by atoms with Crippen LogP contribution in [-0.4, -0.2) is 34.0 Å². The number of halogens is 6. The molecule has 0 saturated carbocycles. The van der Waals surface area contributed by atoms with Crippen molar-refractivity contribution >= 4 is 20.2 Å². The van der Waals surface area contributed by atoms with E-state index in [-0.39, 0.29) is 23.3 Å². The van der Waals surface area contributed by atoms with Gasteiger partial charge in [-0.1, -0.05) is 18.2 Å². The summed E-state index contributed by atoms with van der Waals surface area (Å²) in [7, 11) is -12.2. The highest BCUT2D eigenvalue weighted by molar-refractivity contribution is 7.88. The third kappa shape index (κ3) is 3.48. The van der Waals surface area contributed by atoms with E-state index in [1.54, 1.807) is 0 Å². The molecule has 15 heteroatoms. The van der Waals surface area contributed by atoms with Crippen LogP contribution in [-0.2, 0) is 32.1 Å². The molecule has 1 heterocycles. The van der Waals surface area contributed by atoms with Gasteiger partial charge in [-0.25, -0.2) is 0 Å². The molecule has 180 valence electrons. The normalized spacial score (nSPS) is 22.2. The van der Waals surface area contributed by atoms with E-state index in [9.17, 15) is 43.2 Å². The van der Waals surface area contributed by atoms with Crippen LogP contribution >= 0.6 is 0 Å². The summed E-state index contributed by atoms with van der Waals surface area (Å²) in [4.78, 5) is 0. The Labute approximate surface area is 183 Å². The zero-order chi connectivity index (χ0) is 24.6. The minimum absolute atomic E-state index is 0.0231. The summed E-state index contributed by atoms with van der Waals surface area (Å²) in [6.07, 6.45) is -0.894. The fraction of sp³-hybridized carbons (Fsp3) is 0.333. The molecule has 0 N–H and O–H groups in total. The first kappa shape index (κ1) is 23.5. The minimum Gasteiger partial charge on any atom is -0.488 e. The van der Waals surface area contributed by atoms with Gasteiger partial charge >= 0.3 is 31.3 Å². The van der Waals surface area contributed by atoms with E-state index < -0.39 is 54.3 Å². The number of rotatable bonds is 4. The summed E-state index contributed by atoms with van der Waals surface area (Å²) in [6.45, 7) is 1.36. The molecule has 0 saturated heterocycles. The lowest BCUT2D eigenvalue weighted by Gasteiger charge is -2.27. The second-order valence-electron chi connectivity index (χ2n) is 7.40. The molecule has 0 amide bonds. The van der Waals surface area contributed by atoms with Gasteiger partial charge in [-0.2, -0.15) is 43.2 Å². The predicted molar refractivity (Wildman–Crippen MR) is 98.7 cm³/mol. The second-order valence-corrected chi connectivity index (χ2v) is 10.5. The second kappa shape index (κ2) is 6.91. The Balaban J connectivity index is 1.90. The lowest BCUT2D eigenvalue weighted by atomic mass is 9.76. The standard InChI is InChI=1S/C18H12F6O7S2/c1-16-13(8-9-4-2-6-11(14(9)16)30-32(25,26)17(19,20)21)29-10-5-3-7-12(15(10)16)31-33(27,28)18(22,23)24/h2-7,13H,8H2,1H3/t13?,16-/m1/s1. The van der Waals surface area contributed by atoms with Crippen LogP contribution in [0.4, 0.5) is 26.3 Å². The Morgan fingerprint density at radius 1 is 0.848 bits per heavy atom. The van der Waals surface area contributed by atoms with Crippen molar-refractivity contribution in [1.82, 2.24) is 0 Å². The van der Waals surface area contributed by atoms with E-state index in [1.165, 1.54) is 31.2 Å². The number of ether oxygens (including phenoxy) is 1. The average molecular weight is 518 g/mol. The fourth-order valence-electron chi connectivity index (χ4n) is 4.09. The lowest BCUT2D eigenvalue weighted by Crippen LogP contribution is -2.35. The molecule has 1 aliphatic carbocycles. The summed E-state index contributed by atoms with van der Waals surface area (Å²) in [5.41, 5.74) is -13.1. The van der Waals surface area contributed by atoms with Gasteiger partial charge in [0.2, 0.25) is 0 Å². The Hall–Kier alpha value is -2.68. The van der Waals surface area contributed by atoms with Crippen LogP contribution in [0.3, 0.4) is 0 Å². The van der Waals surface area contributed by atoms with Crippen LogP contribution in [0.2, 0.25) is 0 Å². The van der Waals surface area contributed by atoms with Gasteiger partial charge in [0.05, 0.1) is 11.0 Å². The molecule has 1 unspecified atom stereocenters. The van der Waals surface area contributed by atoms with E-state index in [2.05, 4.69) is 8.37 Å². The van der Waals surface area contributed by atoms with Crippen molar-refractivity contribution in [2.45, 2.75) is 35.9 Å². The van der Waals surface area contributed by atoms with Gasteiger partial charge < -0.3 is 13.1 Å². The summed E-state index contributed by atoms with van der Waals surface area (Å²) < 4.78 is 138. The largest absolute Gasteiger partial charge is 0.534 e. The molecule has 2 aromatic rings. The molecule has 0 fully saturated rings. The molecule has 33 heavy (non-hydrogen) atoms. The Morgan fingerprint density at radius 3 is 1.85 bits per heavy atom. The van der Waals surface area contributed by atoms with E-state index >= 15 is 0 Å². The molecular formula is C18H12F6O7S2. The molecule has 0 spiro atoms. The lowest BCUT2D eigenvalue weighted by molar-refractivity contribution is -0.0504. The van der Waals surface area contributed by atoms with Crippen molar-refractivity contribution in [2.24, 2.45) is 0 Å².